The summed E-state index contributed by atoms with van der Waals surface area (Å²) in [6, 6.07) is 9.50. The van der Waals surface area contributed by atoms with Crippen LogP contribution in [-0.2, 0) is 0 Å². The van der Waals surface area contributed by atoms with Crippen LogP contribution < -0.4 is 5.32 Å². The maximum atomic E-state index is 3.73. The minimum Gasteiger partial charge on any atom is -0.309 e. The van der Waals surface area contributed by atoms with Gasteiger partial charge in [0.05, 0.1) is 0 Å². The second-order valence-electron chi connectivity index (χ2n) is 4.97. The Hall–Kier alpha value is -0.470. The van der Waals surface area contributed by atoms with Gasteiger partial charge < -0.3 is 5.32 Å². The number of benzene rings is 1. The minimum absolute atomic E-state index is 0.539. The van der Waals surface area contributed by atoms with Gasteiger partial charge in [-0.15, -0.1) is 0 Å². The van der Waals surface area contributed by atoms with Gasteiger partial charge in [-0.25, -0.2) is 0 Å². The Morgan fingerprint density at radius 2 is 2.00 bits per heavy atom. The molecule has 0 fully saturated rings. The Balaban J connectivity index is 2.29. The van der Waals surface area contributed by atoms with E-state index in [1.807, 2.05) is 11.8 Å². The molecule has 0 spiro atoms. The van der Waals surface area contributed by atoms with E-state index in [0.717, 1.165) is 6.54 Å². The van der Waals surface area contributed by atoms with E-state index in [1.54, 1.807) is 5.56 Å². The second kappa shape index (κ2) is 5.92. The summed E-state index contributed by atoms with van der Waals surface area (Å²) in [6.45, 7) is 5.71. The molecule has 2 heteroatoms. The molecule has 17 heavy (non-hydrogen) atoms. The quantitative estimate of drug-likeness (QED) is 0.866. The van der Waals surface area contributed by atoms with Crippen molar-refractivity contribution in [1.82, 2.24) is 5.32 Å². The van der Waals surface area contributed by atoms with E-state index in [4.69, 9.17) is 0 Å². The van der Waals surface area contributed by atoms with Crippen LogP contribution in [0, 0.1) is 0 Å². The van der Waals surface area contributed by atoms with Crippen molar-refractivity contribution >= 4 is 11.8 Å². The molecule has 0 radical (unpaired) electrons. The highest BCUT2D eigenvalue weighted by atomic mass is 32.2. The molecule has 0 heterocycles. The van der Waals surface area contributed by atoms with Gasteiger partial charge in [-0.3, -0.25) is 0 Å². The van der Waals surface area contributed by atoms with Crippen LogP contribution in [0.1, 0.15) is 49.8 Å². The van der Waals surface area contributed by atoms with Gasteiger partial charge in [-0.1, -0.05) is 38.1 Å². The summed E-state index contributed by atoms with van der Waals surface area (Å²) in [5.74, 6) is 0.698. The molecule has 3 unspecified atom stereocenters. The van der Waals surface area contributed by atoms with Crippen LogP contribution >= 0.6 is 11.8 Å². The normalized spacial score (nSPS) is 27.8. The van der Waals surface area contributed by atoms with Gasteiger partial charge >= 0.3 is 0 Å². The van der Waals surface area contributed by atoms with Crippen molar-refractivity contribution in [2.45, 2.75) is 43.9 Å². The van der Waals surface area contributed by atoms with E-state index in [-0.39, 0.29) is 0 Å². The summed E-state index contributed by atoms with van der Waals surface area (Å²) in [4.78, 5) is 0. The molecule has 94 valence electrons. The van der Waals surface area contributed by atoms with Gasteiger partial charge in [-0.05, 0) is 42.7 Å². The van der Waals surface area contributed by atoms with E-state index in [9.17, 15) is 0 Å². The number of nitrogens with one attached hydrogen (secondary N) is 1. The molecule has 0 aromatic heterocycles. The largest absolute Gasteiger partial charge is 0.309 e. The predicted molar refractivity (Wildman–Crippen MR) is 77.8 cm³/mol. The van der Waals surface area contributed by atoms with E-state index in [0.29, 0.717) is 17.2 Å². The molecule has 2 rings (SSSR count). The lowest BCUT2D eigenvalue weighted by atomic mass is 9.80. The van der Waals surface area contributed by atoms with Crippen LogP contribution in [0.2, 0.25) is 0 Å². The highest BCUT2D eigenvalue weighted by Crippen LogP contribution is 2.41. The van der Waals surface area contributed by atoms with Crippen LogP contribution in [0.4, 0.5) is 0 Å². The van der Waals surface area contributed by atoms with E-state index in [2.05, 4.69) is 49.7 Å². The third kappa shape index (κ3) is 2.69. The molecular weight excluding hydrogens is 226 g/mol. The topological polar surface area (TPSA) is 12.0 Å². The van der Waals surface area contributed by atoms with E-state index >= 15 is 0 Å². The third-order valence-corrected chi connectivity index (χ3v) is 4.81. The fourth-order valence-corrected chi connectivity index (χ4v) is 3.82. The molecule has 1 aromatic carbocycles. The molecule has 3 atom stereocenters. The lowest BCUT2D eigenvalue weighted by Gasteiger charge is -2.36. The zero-order chi connectivity index (χ0) is 12.3. The van der Waals surface area contributed by atoms with Gasteiger partial charge in [0.2, 0.25) is 0 Å². The number of thioether (sulfide) groups is 1. The first-order chi connectivity index (χ1) is 8.27. The van der Waals surface area contributed by atoms with Crippen LogP contribution in [-0.4, -0.2) is 18.1 Å². The van der Waals surface area contributed by atoms with Gasteiger partial charge in [0.25, 0.3) is 0 Å². The molecular formula is C15H23NS. The van der Waals surface area contributed by atoms with Crippen molar-refractivity contribution < 1.29 is 0 Å². The van der Waals surface area contributed by atoms with Gasteiger partial charge in [0.15, 0.2) is 0 Å². The predicted octanol–water partition coefficient (Wildman–Crippen LogP) is 3.97. The minimum atomic E-state index is 0.539. The average molecular weight is 249 g/mol. The maximum Gasteiger partial charge on any atom is 0.0443 e. The fourth-order valence-electron chi connectivity index (χ4n) is 2.83. The zero-order valence-electron chi connectivity index (χ0n) is 11.1. The Labute approximate surface area is 109 Å². The Morgan fingerprint density at radius 3 is 2.65 bits per heavy atom. The Kier molecular flexibility index (Phi) is 4.52. The summed E-state index contributed by atoms with van der Waals surface area (Å²) in [5, 5.41) is 4.44. The fraction of sp³-hybridized carbons (Fsp3) is 0.600. The molecule has 1 N–H and O–H groups in total. The summed E-state index contributed by atoms with van der Waals surface area (Å²) in [5.41, 5.74) is 3.07. The van der Waals surface area contributed by atoms with Gasteiger partial charge in [0.1, 0.15) is 0 Å². The first-order valence-electron chi connectivity index (χ1n) is 6.63. The van der Waals surface area contributed by atoms with Crippen molar-refractivity contribution in [2.24, 2.45) is 0 Å². The first-order valence-corrected chi connectivity index (χ1v) is 7.91. The molecule has 0 amide bonds. The van der Waals surface area contributed by atoms with Crippen molar-refractivity contribution in [3.8, 4) is 0 Å². The number of hydrogen-bond acceptors (Lipinski definition) is 2. The summed E-state index contributed by atoms with van der Waals surface area (Å²) < 4.78 is 0. The van der Waals surface area contributed by atoms with Gasteiger partial charge in [-0.2, -0.15) is 11.8 Å². The van der Waals surface area contributed by atoms with Crippen LogP contribution in [0.25, 0.3) is 0 Å². The number of hydrogen-bond donors (Lipinski definition) is 1. The molecule has 1 nitrogen and oxygen atoms in total. The van der Waals surface area contributed by atoms with Crippen molar-refractivity contribution in [3.63, 3.8) is 0 Å². The summed E-state index contributed by atoms with van der Waals surface area (Å²) in [7, 11) is 0. The first kappa shape index (κ1) is 13.0. The highest BCUT2D eigenvalue weighted by molar-refractivity contribution is 7.99. The molecule has 0 saturated heterocycles. The lowest BCUT2D eigenvalue weighted by Crippen LogP contribution is -2.35. The molecule has 0 aliphatic heterocycles. The van der Waals surface area contributed by atoms with Gasteiger partial charge in [0, 0.05) is 11.3 Å². The van der Waals surface area contributed by atoms with Crippen LogP contribution in [0.3, 0.4) is 0 Å². The Bertz CT molecular complexity index is 364. The molecule has 1 aliphatic rings. The van der Waals surface area contributed by atoms with Crippen LogP contribution in [0.15, 0.2) is 24.3 Å². The van der Waals surface area contributed by atoms with Crippen LogP contribution in [0.5, 0.6) is 0 Å². The lowest BCUT2D eigenvalue weighted by molar-refractivity contribution is 0.445. The molecule has 0 saturated carbocycles. The molecule has 1 aromatic rings. The molecule has 0 bridgehead atoms. The summed E-state index contributed by atoms with van der Waals surface area (Å²) in [6.07, 6.45) is 4.74. The third-order valence-electron chi connectivity index (χ3n) is 3.74. The SMILES string of the molecule is CCCNC1c2ccccc2C(C)CC1SC. The zero-order valence-corrected chi connectivity index (χ0v) is 11.9. The van der Waals surface area contributed by atoms with Crippen molar-refractivity contribution in [3.05, 3.63) is 35.4 Å². The Morgan fingerprint density at radius 1 is 1.29 bits per heavy atom. The monoisotopic (exact) mass is 249 g/mol. The number of rotatable bonds is 4. The standard InChI is InChI=1S/C15H23NS/c1-4-9-16-15-13-8-6-5-7-12(13)11(2)10-14(15)17-3/h5-8,11,14-16H,4,9-10H2,1-3H3. The second-order valence-corrected chi connectivity index (χ2v) is 6.05. The molecule has 1 aliphatic carbocycles. The average Bonchev–Trinajstić information content (AvgIpc) is 2.37. The highest BCUT2D eigenvalue weighted by Gasteiger charge is 2.31. The number of fused-ring (bicyclic) bond motifs is 1. The van der Waals surface area contributed by atoms with Crippen molar-refractivity contribution in [1.29, 1.82) is 0 Å². The smallest absolute Gasteiger partial charge is 0.0443 e. The summed E-state index contributed by atoms with van der Waals surface area (Å²) >= 11 is 2.01. The van der Waals surface area contributed by atoms with Crippen molar-refractivity contribution in [2.75, 3.05) is 12.8 Å². The maximum absolute atomic E-state index is 3.73. The van der Waals surface area contributed by atoms with E-state index in [1.165, 1.54) is 18.4 Å². The van der Waals surface area contributed by atoms with E-state index < -0.39 is 0 Å².